The number of carbonyl (C=O) groups is 1. The van der Waals surface area contributed by atoms with Crippen molar-refractivity contribution in [1.29, 1.82) is 0 Å². The van der Waals surface area contributed by atoms with Crippen LogP contribution >= 0.6 is 22.9 Å². The summed E-state index contributed by atoms with van der Waals surface area (Å²) in [6.45, 7) is 4.47. The Morgan fingerprint density at radius 2 is 2.36 bits per heavy atom. The number of carbonyl (C=O) groups excluding carboxylic acids is 1. The fourth-order valence-corrected chi connectivity index (χ4v) is 3.77. The van der Waals surface area contributed by atoms with E-state index in [-0.39, 0.29) is 23.2 Å². The Balaban J connectivity index is 1.62. The molecule has 1 fully saturated rings. The van der Waals surface area contributed by atoms with Crippen molar-refractivity contribution in [2.45, 2.75) is 39.0 Å². The number of nitrogens with zero attached hydrogens (tertiary/aromatic N) is 4. The highest BCUT2D eigenvalue weighted by atomic mass is 35.5. The van der Waals surface area contributed by atoms with Gasteiger partial charge in [0.25, 0.3) is 0 Å². The number of anilines is 1. The molecule has 3 rings (SSSR count). The van der Waals surface area contributed by atoms with Crippen LogP contribution in [-0.2, 0) is 11.3 Å². The van der Waals surface area contributed by atoms with Crippen molar-refractivity contribution >= 4 is 34.0 Å². The number of hydrogen-bond acceptors (Lipinski definition) is 7. The van der Waals surface area contributed by atoms with Gasteiger partial charge in [0.15, 0.2) is 5.13 Å². The molecule has 1 saturated heterocycles. The van der Waals surface area contributed by atoms with Gasteiger partial charge in [-0.15, -0.1) is 0 Å². The Morgan fingerprint density at radius 1 is 1.56 bits per heavy atom. The molecule has 0 aromatic carbocycles. The summed E-state index contributed by atoms with van der Waals surface area (Å²) in [4.78, 5) is 25.3. The van der Waals surface area contributed by atoms with Gasteiger partial charge in [0.1, 0.15) is 17.6 Å². The standard InChI is InChI=1S/C15H17ClFN5O2S/c1-8-3-10(24-13-4-12(16)18-7-19-13)5-22(8)6-11-14(17)21-15(25-11)20-9(2)23/h4,7-8,10H,3,5-6H2,1-2H3,(H,20,21,23)/t8-,10+/m0/s1. The van der Waals surface area contributed by atoms with Crippen molar-refractivity contribution in [3.05, 3.63) is 28.4 Å². The predicted octanol–water partition coefficient (Wildman–Crippen LogP) is 2.73. The van der Waals surface area contributed by atoms with Crippen LogP contribution in [0.5, 0.6) is 5.88 Å². The Morgan fingerprint density at radius 3 is 3.08 bits per heavy atom. The summed E-state index contributed by atoms with van der Waals surface area (Å²) < 4.78 is 19.8. The van der Waals surface area contributed by atoms with E-state index in [9.17, 15) is 9.18 Å². The van der Waals surface area contributed by atoms with Gasteiger partial charge in [-0.3, -0.25) is 9.69 Å². The van der Waals surface area contributed by atoms with Crippen molar-refractivity contribution < 1.29 is 13.9 Å². The minimum atomic E-state index is -0.548. The van der Waals surface area contributed by atoms with Crippen molar-refractivity contribution in [2.75, 3.05) is 11.9 Å². The molecule has 2 aromatic heterocycles. The Hall–Kier alpha value is -1.84. The van der Waals surface area contributed by atoms with E-state index < -0.39 is 5.95 Å². The van der Waals surface area contributed by atoms with Gasteiger partial charge in [0, 0.05) is 38.5 Å². The van der Waals surface area contributed by atoms with Gasteiger partial charge in [-0.25, -0.2) is 9.97 Å². The molecule has 1 aliphatic rings. The molecule has 1 aliphatic heterocycles. The van der Waals surface area contributed by atoms with Gasteiger partial charge < -0.3 is 10.1 Å². The number of halogens is 2. The van der Waals surface area contributed by atoms with Crippen LogP contribution < -0.4 is 10.1 Å². The molecule has 2 aromatic rings. The summed E-state index contributed by atoms with van der Waals surface area (Å²) in [5, 5.41) is 3.11. The van der Waals surface area contributed by atoms with Crippen molar-refractivity contribution in [1.82, 2.24) is 19.9 Å². The Bertz CT molecular complexity index is 774. The third kappa shape index (κ3) is 4.62. The number of likely N-dealkylation sites (tertiary alicyclic amines) is 1. The zero-order chi connectivity index (χ0) is 18.0. The first-order valence-corrected chi connectivity index (χ1v) is 8.91. The molecule has 7 nitrogen and oxygen atoms in total. The van der Waals surface area contributed by atoms with Crippen LogP contribution in [0.15, 0.2) is 12.4 Å². The molecule has 1 amide bonds. The average molecular weight is 386 g/mol. The highest BCUT2D eigenvalue weighted by molar-refractivity contribution is 7.15. The van der Waals surface area contributed by atoms with Crippen LogP contribution in [0.25, 0.3) is 0 Å². The molecule has 134 valence electrons. The predicted molar refractivity (Wildman–Crippen MR) is 92.3 cm³/mol. The lowest BCUT2D eigenvalue weighted by Gasteiger charge is -2.19. The van der Waals surface area contributed by atoms with Crippen LogP contribution in [0.2, 0.25) is 5.15 Å². The second kappa shape index (κ2) is 7.59. The highest BCUT2D eigenvalue weighted by Crippen LogP contribution is 2.28. The lowest BCUT2D eigenvalue weighted by atomic mass is 10.2. The molecule has 3 heterocycles. The minimum absolute atomic E-state index is 0.0632. The molecule has 1 N–H and O–H groups in total. The summed E-state index contributed by atoms with van der Waals surface area (Å²) in [6, 6.07) is 1.78. The first-order chi connectivity index (χ1) is 11.9. The summed E-state index contributed by atoms with van der Waals surface area (Å²) in [7, 11) is 0. The lowest BCUT2D eigenvalue weighted by Crippen LogP contribution is -2.28. The number of amides is 1. The van der Waals surface area contributed by atoms with E-state index in [0.717, 1.165) is 17.8 Å². The van der Waals surface area contributed by atoms with Gasteiger partial charge in [0.2, 0.25) is 17.7 Å². The van der Waals surface area contributed by atoms with Gasteiger partial charge in [-0.1, -0.05) is 22.9 Å². The summed E-state index contributed by atoms with van der Waals surface area (Å²) in [5.74, 6) is -0.393. The smallest absolute Gasteiger partial charge is 0.230 e. The van der Waals surface area contributed by atoms with E-state index in [2.05, 4.69) is 32.1 Å². The Kier molecular flexibility index (Phi) is 5.45. The van der Waals surface area contributed by atoms with E-state index in [0.29, 0.717) is 29.0 Å². The van der Waals surface area contributed by atoms with Gasteiger partial charge >= 0.3 is 0 Å². The Labute approximate surface area is 153 Å². The van der Waals surface area contributed by atoms with Crippen LogP contribution in [0.4, 0.5) is 9.52 Å². The van der Waals surface area contributed by atoms with E-state index in [1.807, 2.05) is 0 Å². The van der Waals surface area contributed by atoms with Crippen LogP contribution in [0.3, 0.4) is 0 Å². The third-order valence-electron chi connectivity index (χ3n) is 3.84. The maximum Gasteiger partial charge on any atom is 0.230 e. The molecular weight excluding hydrogens is 369 g/mol. The zero-order valence-electron chi connectivity index (χ0n) is 13.7. The summed E-state index contributed by atoms with van der Waals surface area (Å²) >= 11 is 6.98. The topological polar surface area (TPSA) is 80.2 Å². The second-order valence-electron chi connectivity index (χ2n) is 5.85. The molecule has 0 unspecified atom stereocenters. The molecular formula is C15H17ClFN5O2S. The molecule has 0 saturated carbocycles. The summed E-state index contributed by atoms with van der Waals surface area (Å²) in [5.41, 5.74) is 0. The molecule has 0 spiro atoms. The van der Waals surface area contributed by atoms with Crippen LogP contribution in [-0.4, -0.2) is 44.4 Å². The van der Waals surface area contributed by atoms with Crippen molar-refractivity contribution in [3.8, 4) is 5.88 Å². The van der Waals surface area contributed by atoms with Gasteiger partial charge in [-0.2, -0.15) is 9.37 Å². The number of hydrogen-bond donors (Lipinski definition) is 1. The van der Waals surface area contributed by atoms with Crippen LogP contribution in [0.1, 0.15) is 25.1 Å². The van der Waals surface area contributed by atoms with Crippen molar-refractivity contribution in [3.63, 3.8) is 0 Å². The number of nitrogens with one attached hydrogen (secondary N) is 1. The van der Waals surface area contributed by atoms with Gasteiger partial charge in [0.05, 0.1) is 4.88 Å². The van der Waals surface area contributed by atoms with E-state index in [4.69, 9.17) is 16.3 Å². The molecule has 25 heavy (non-hydrogen) atoms. The first kappa shape index (κ1) is 18.0. The monoisotopic (exact) mass is 385 g/mol. The highest BCUT2D eigenvalue weighted by Gasteiger charge is 2.32. The average Bonchev–Trinajstić information content (AvgIpc) is 3.02. The van der Waals surface area contributed by atoms with Gasteiger partial charge in [-0.05, 0) is 6.92 Å². The SMILES string of the molecule is CC(=O)Nc1nc(F)c(CN2C[C@H](Oc3cc(Cl)ncn3)C[C@@H]2C)s1. The molecule has 0 aliphatic carbocycles. The van der Waals surface area contributed by atoms with Crippen molar-refractivity contribution in [2.24, 2.45) is 0 Å². The largest absolute Gasteiger partial charge is 0.473 e. The lowest BCUT2D eigenvalue weighted by molar-refractivity contribution is -0.114. The maximum absolute atomic E-state index is 14.0. The van der Waals surface area contributed by atoms with Crippen LogP contribution in [0, 0.1) is 5.95 Å². The summed E-state index contributed by atoms with van der Waals surface area (Å²) in [6.07, 6.45) is 2.08. The zero-order valence-corrected chi connectivity index (χ0v) is 15.3. The number of thiazole rings is 1. The number of ether oxygens (including phenoxy) is 1. The number of rotatable bonds is 5. The van der Waals surface area contributed by atoms with E-state index in [1.54, 1.807) is 6.07 Å². The molecule has 10 heteroatoms. The fourth-order valence-electron chi connectivity index (χ4n) is 2.72. The minimum Gasteiger partial charge on any atom is -0.473 e. The van der Waals surface area contributed by atoms with E-state index in [1.165, 1.54) is 13.3 Å². The number of aromatic nitrogens is 3. The second-order valence-corrected chi connectivity index (χ2v) is 7.32. The molecule has 0 bridgehead atoms. The quantitative estimate of drug-likeness (QED) is 0.797. The maximum atomic E-state index is 14.0. The van der Waals surface area contributed by atoms with E-state index >= 15 is 0 Å². The third-order valence-corrected chi connectivity index (χ3v) is 4.98. The fraction of sp³-hybridized carbons (Fsp3) is 0.467. The normalized spacial score (nSPS) is 20.6. The molecule has 2 atom stereocenters. The first-order valence-electron chi connectivity index (χ1n) is 7.71. The molecule has 0 radical (unpaired) electrons.